The lowest BCUT2D eigenvalue weighted by molar-refractivity contribution is 0.0628. The Morgan fingerprint density at radius 2 is 2.38 bits per heavy atom. The third kappa shape index (κ3) is 4.89. The molecule has 0 aliphatic heterocycles. The quantitative estimate of drug-likeness (QED) is 0.559. The number of hydrogen-bond donors (Lipinski definition) is 2. The summed E-state index contributed by atoms with van der Waals surface area (Å²) in [6.45, 7) is 6.64. The van der Waals surface area contributed by atoms with E-state index in [0.717, 1.165) is 24.8 Å². The van der Waals surface area contributed by atoms with E-state index in [1.54, 1.807) is 11.3 Å². The predicted molar refractivity (Wildman–Crippen MR) is 67.3 cm³/mol. The van der Waals surface area contributed by atoms with Crippen molar-refractivity contribution in [1.82, 2.24) is 9.88 Å². The fraction of sp³-hybridized carbons (Fsp3) is 0.700. The average molecular weight is 244 g/mol. The van der Waals surface area contributed by atoms with E-state index >= 15 is 0 Å². The van der Waals surface area contributed by atoms with Gasteiger partial charge in [0.25, 0.3) is 0 Å². The maximum Gasteiger partial charge on any atom is 0.197 e. The van der Waals surface area contributed by atoms with Gasteiger partial charge in [-0.1, -0.05) is 11.3 Å². The summed E-state index contributed by atoms with van der Waals surface area (Å²) in [5.74, 6) is 5.27. The van der Waals surface area contributed by atoms with Gasteiger partial charge in [-0.15, -0.1) is 0 Å². The first kappa shape index (κ1) is 13.4. The SMILES string of the molecule is CC(C)OCCN(C)Cc1cnc(NN)s1. The molecule has 0 aliphatic carbocycles. The van der Waals surface area contributed by atoms with Crippen molar-refractivity contribution in [2.75, 3.05) is 25.6 Å². The van der Waals surface area contributed by atoms with Crippen LogP contribution in [0.3, 0.4) is 0 Å². The van der Waals surface area contributed by atoms with Gasteiger partial charge in [-0.2, -0.15) is 0 Å². The molecule has 6 heteroatoms. The third-order valence-electron chi connectivity index (χ3n) is 2.03. The maximum absolute atomic E-state index is 5.49. The minimum Gasteiger partial charge on any atom is -0.377 e. The van der Waals surface area contributed by atoms with E-state index in [1.165, 1.54) is 4.88 Å². The van der Waals surface area contributed by atoms with Gasteiger partial charge in [0.05, 0.1) is 12.7 Å². The van der Waals surface area contributed by atoms with Crippen LogP contribution in [0.2, 0.25) is 0 Å². The van der Waals surface area contributed by atoms with Crippen LogP contribution in [-0.2, 0) is 11.3 Å². The lowest BCUT2D eigenvalue weighted by Gasteiger charge is -2.16. The van der Waals surface area contributed by atoms with E-state index < -0.39 is 0 Å². The van der Waals surface area contributed by atoms with E-state index in [-0.39, 0.29) is 0 Å². The Balaban J connectivity index is 2.25. The van der Waals surface area contributed by atoms with Crippen molar-refractivity contribution in [1.29, 1.82) is 0 Å². The van der Waals surface area contributed by atoms with Crippen molar-refractivity contribution >= 4 is 16.5 Å². The number of nitrogens with zero attached hydrogens (tertiary/aromatic N) is 2. The van der Waals surface area contributed by atoms with Crippen LogP contribution in [0.5, 0.6) is 0 Å². The van der Waals surface area contributed by atoms with E-state index in [0.29, 0.717) is 6.10 Å². The Labute approximate surface area is 101 Å². The smallest absolute Gasteiger partial charge is 0.197 e. The van der Waals surface area contributed by atoms with Gasteiger partial charge in [0.2, 0.25) is 0 Å². The van der Waals surface area contributed by atoms with E-state index in [9.17, 15) is 0 Å². The number of nitrogen functional groups attached to an aromatic ring is 1. The normalized spacial score (nSPS) is 11.4. The second-order valence-corrected chi connectivity index (χ2v) is 5.05. The van der Waals surface area contributed by atoms with Crippen LogP contribution in [0.15, 0.2) is 6.20 Å². The molecule has 16 heavy (non-hydrogen) atoms. The van der Waals surface area contributed by atoms with Gasteiger partial charge in [0.15, 0.2) is 5.13 Å². The highest BCUT2D eigenvalue weighted by atomic mass is 32.1. The Bertz CT molecular complexity index is 303. The summed E-state index contributed by atoms with van der Waals surface area (Å²) in [5.41, 5.74) is 2.54. The van der Waals surface area contributed by atoms with Crippen LogP contribution < -0.4 is 11.3 Å². The van der Waals surface area contributed by atoms with Crippen LogP contribution in [0.25, 0.3) is 0 Å². The molecule has 0 bridgehead atoms. The number of nitrogens with two attached hydrogens (primary N) is 1. The Morgan fingerprint density at radius 3 is 2.94 bits per heavy atom. The van der Waals surface area contributed by atoms with E-state index in [1.807, 2.05) is 20.0 Å². The monoisotopic (exact) mass is 244 g/mol. The number of nitrogens with one attached hydrogen (secondary N) is 1. The van der Waals surface area contributed by atoms with Gasteiger partial charge < -0.3 is 4.74 Å². The van der Waals surface area contributed by atoms with Crippen LogP contribution in [-0.4, -0.2) is 36.2 Å². The molecule has 0 aromatic carbocycles. The molecular weight excluding hydrogens is 224 g/mol. The summed E-state index contributed by atoms with van der Waals surface area (Å²) in [6.07, 6.45) is 2.14. The van der Waals surface area contributed by atoms with E-state index in [2.05, 4.69) is 22.4 Å². The van der Waals surface area contributed by atoms with Crippen molar-refractivity contribution in [2.45, 2.75) is 26.5 Å². The van der Waals surface area contributed by atoms with Gasteiger partial charge in [-0.25, -0.2) is 10.8 Å². The summed E-state index contributed by atoms with van der Waals surface area (Å²) in [7, 11) is 2.07. The topological polar surface area (TPSA) is 63.4 Å². The molecule has 0 aliphatic rings. The number of thiazole rings is 1. The first-order valence-corrected chi connectivity index (χ1v) is 6.15. The summed E-state index contributed by atoms with van der Waals surface area (Å²) < 4.78 is 5.49. The predicted octanol–water partition coefficient (Wildman–Crippen LogP) is 1.29. The molecule has 0 saturated carbocycles. The van der Waals surface area contributed by atoms with Gasteiger partial charge in [-0.3, -0.25) is 10.3 Å². The summed E-state index contributed by atoms with van der Waals surface area (Å²) in [5, 5.41) is 0.752. The van der Waals surface area contributed by atoms with Gasteiger partial charge in [0, 0.05) is 24.2 Å². The van der Waals surface area contributed by atoms with Crippen molar-refractivity contribution in [3.05, 3.63) is 11.1 Å². The molecule has 0 radical (unpaired) electrons. The maximum atomic E-state index is 5.49. The minimum atomic E-state index is 0.296. The third-order valence-corrected chi connectivity index (χ3v) is 2.94. The molecule has 0 amide bonds. The molecule has 1 rings (SSSR count). The Hall–Kier alpha value is -0.690. The highest BCUT2D eigenvalue weighted by molar-refractivity contribution is 7.15. The number of ether oxygens (including phenoxy) is 1. The highest BCUT2D eigenvalue weighted by Crippen LogP contribution is 2.17. The molecule has 92 valence electrons. The molecule has 1 heterocycles. The van der Waals surface area contributed by atoms with Crippen LogP contribution >= 0.6 is 11.3 Å². The molecule has 0 spiro atoms. The number of rotatable bonds is 7. The molecule has 0 unspecified atom stereocenters. The number of likely N-dealkylation sites (N-methyl/N-ethyl adjacent to an activating group) is 1. The van der Waals surface area contributed by atoms with E-state index in [4.69, 9.17) is 10.6 Å². The molecule has 1 aromatic heterocycles. The fourth-order valence-electron chi connectivity index (χ4n) is 1.24. The molecular formula is C10H20N4OS. The van der Waals surface area contributed by atoms with Crippen LogP contribution in [0.1, 0.15) is 18.7 Å². The number of anilines is 1. The van der Waals surface area contributed by atoms with Gasteiger partial charge in [-0.05, 0) is 20.9 Å². The van der Waals surface area contributed by atoms with Gasteiger partial charge >= 0.3 is 0 Å². The summed E-state index contributed by atoms with van der Waals surface area (Å²) >= 11 is 1.57. The Kier molecular flexibility index (Phi) is 5.68. The largest absolute Gasteiger partial charge is 0.377 e. The summed E-state index contributed by atoms with van der Waals surface area (Å²) in [4.78, 5) is 7.52. The molecule has 0 fully saturated rings. The van der Waals surface area contributed by atoms with Crippen LogP contribution in [0.4, 0.5) is 5.13 Å². The fourth-order valence-corrected chi connectivity index (χ4v) is 2.04. The van der Waals surface area contributed by atoms with Crippen molar-refractivity contribution in [3.8, 4) is 0 Å². The zero-order valence-electron chi connectivity index (χ0n) is 10.1. The van der Waals surface area contributed by atoms with Crippen molar-refractivity contribution in [3.63, 3.8) is 0 Å². The summed E-state index contributed by atoms with van der Waals surface area (Å²) in [6, 6.07) is 0. The van der Waals surface area contributed by atoms with Crippen molar-refractivity contribution in [2.24, 2.45) is 5.84 Å². The molecule has 0 saturated heterocycles. The number of hydrazine groups is 1. The lowest BCUT2D eigenvalue weighted by Crippen LogP contribution is -2.23. The second-order valence-electron chi connectivity index (χ2n) is 3.93. The zero-order valence-corrected chi connectivity index (χ0v) is 10.9. The average Bonchev–Trinajstić information content (AvgIpc) is 2.65. The molecule has 0 atom stereocenters. The van der Waals surface area contributed by atoms with Crippen molar-refractivity contribution < 1.29 is 4.74 Å². The minimum absolute atomic E-state index is 0.296. The number of hydrogen-bond acceptors (Lipinski definition) is 6. The number of aromatic nitrogens is 1. The molecule has 5 nitrogen and oxygen atoms in total. The Morgan fingerprint density at radius 1 is 1.62 bits per heavy atom. The first-order valence-electron chi connectivity index (χ1n) is 5.33. The van der Waals surface area contributed by atoms with Gasteiger partial charge in [0.1, 0.15) is 0 Å². The zero-order chi connectivity index (χ0) is 12.0. The highest BCUT2D eigenvalue weighted by Gasteiger charge is 2.04. The standard InChI is InChI=1S/C10H20N4OS/c1-8(2)15-5-4-14(3)7-9-6-12-10(13-11)16-9/h6,8H,4-5,7,11H2,1-3H3,(H,12,13). The second kappa shape index (κ2) is 6.80. The lowest BCUT2D eigenvalue weighted by atomic mass is 10.4. The van der Waals surface area contributed by atoms with Crippen LogP contribution in [0, 0.1) is 0 Å². The molecule has 1 aromatic rings. The first-order chi connectivity index (χ1) is 7.61. The molecule has 3 N–H and O–H groups in total.